The lowest BCUT2D eigenvalue weighted by molar-refractivity contribution is -0.118. The number of anilines is 1. The molecular weight excluding hydrogens is 233 g/mol. The van der Waals surface area contributed by atoms with Crippen molar-refractivity contribution in [2.75, 3.05) is 11.9 Å². The molecule has 0 saturated heterocycles. The van der Waals surface area contributed by atoms with Crippen LogP contribution in [0, 0.1) is 5.82 Å². The molecule has 2 aromatic carbocycles. The highest BCUT2D eigenvalue weighted by Crippen LogP contribution is 2.15. The molecule has 92 valence electrons. The third kappa shape index (κ3) is 3.31. The van der Waals surface area contributed by atoms with E-state index in [1.54, 1.807) is 24.3 Å². The summed E-state index contributed by atoms with van der Waals surface area (Å²) in [6, 6.07) is 15.0. The first-order valence-electron chi connectivity index (χ1n) is 5.48. The molecule has 2 aromatic rings. The Morgan fingerprint density at radius 3 is 2.44 bits per heavy atom. The summed E-state index contributed by atoms with van der Waals surface area (Å²) in [5, 5.41) is 2.65. The predicted octanol–water partition coefficient (Wildman–Crippen LogP) is 2.84. The number of hydrogen-bond donors (Lipinski definition) is 1. The average Bonchev–Trinajstić information content (AvgIpc) is 2.39. The summed E-state index contributed by atoms with van der Waals surface area (Å²) in [6.45, 7) is -0.226. The molecule has 0 atom stereocenters. The SMILES string of the molecule is O=C(COc1ccccc1F)Nc1ccccc1. The second-order valence-corrected chi connectivity index (χ2v) is 3.63. The smallest absolute Gasteiger partial charge is 0.262 e. The lowest BCUT2D eigenvalue weighted by Gasteiger charge is -2.07. The van der Waals surface area contributed by atoms with Crippen molar-refractivity contribution in [2.45, 2.75) is 0 Å². The Morgan fingerprint density at radius 2 is 1.72 bits per heavy atom. The van der Waals surface area contributed by atoms with Gasteiger partial charge in [0.2, 0.25) is 0 Å². The minimum Gasteiger partial charge on any atom is -0.481 e. The second kappa shape index (κ2) is 5.82. The van der Waals surface area contributed by atoms with Crippen LogP contribution in [0.2, 0.25) is 0 Å². The molecular formula is C14H12FNO2. The molecule has 0 fully saturated rings. The number of ether oxygens (including phenoxy) is 1. The van der Waals surface area contributed by atoms with Crippen LogP contribution >= 0.6 is 0 Å². The van der Waals surface area contributed by atoms with Gasteiger partial charge in [0, 0.05) is 5.69 Å². The number of amides is 1. The van der Waals surface area contributed by atoms with Gasteiger partial charge in [-0.05, 0) is 24.3 Å². The van der Waals surface area contributed by atoms with E-state index in [2.05, 4.69) is 5.32 Å². The first-order chi connectivity index (χ1) is 8.75. The first-order valence-corrected chi connectivity index (χ1v) is 5.48. The molecule has 0 spiro atoms. The van der Waals surface area contributed by atoms with Gasteiger partial charge in [-0.1, -0.05) is 30.3 Å². The Bertz CT molecular complexity index is 528. The molecule has 0 radical (unpaired) electrons. The molecule has 0 aromatic heterocycles. The molecule has 4 heteroatoms. The third-order valence-corrected chi connectivity index (χ3v) is 2.25. The molecule has 1 N–H and O–H groups in total. The zero-order chi connectivity index (χ0) is 12.8. The Hall–Kier alpha value is -2.36. The maximum absolute atomic E-state index is 13.2. The number of benzene rings is 2. The lowest BCUT2D eigenvalue weighted by Crippen LogP contribution is -2.20. The third-order valence-electron chi connectivity index (χ3n) is 2.25. The zero-order valence-electron chi connectivity index (χ0n) is 9.60. The van der Waals surface area contributed by atoms with Gasteiger partial charge in [0.05, 0.1) is 0 Å². The van der Waals surface area contributed by atoms with Gasteiger partial charge in [0.25, 0.3) is 5.91 Å². The van der Waals surface area contributed by atoms with Crippen molar-refractivity contribution in [3.05, 3.63) is 60.4 Å². The molecule has 0 aliphatic rings. The van der Waals surface area contributed by atoms with Crippen molar-refractivity contribution in [3.63, 3.8) is 0 Å². The van der Waals surface area contributed by atoms with Crippen molar-refractivity contribution in [2.24, 2.45) is 0 Å². The van der Waals surface area contributed by atoms with Crippen LogP contribution in [-0.2, 0) is 4.79 Å². The minimum atomic E-state index is -0.481. The molecule has 0 saturated carbocycles. The van der Waals surface area contributed by atoms with Crippen LogP contribution in [0.5, 0.6) is 5.75 Å². The number of carbonyl (C=O) groups is 1. The van der Waals surface area contributed by atoms with E-state index in [4.69, 9.17) is 4.74 Å². The van der Waals surface area contributed by atoms with Gasteiger partial charge < -0.3 is 10.1 Å². The van der Waals surface area contributed by atoms with Gasteiger partial charge >= 0.3 is 0 Å². The quantitative estimate of drug-likeness (QED) is 0.899. The number of halogens is 1. The van der Waals surface area contributed by atoms with E-state index in [1.807, 2.05) is 18.2 Å². The average molecular weight is 245 g/mol. The maximum atomic E-state index is 13.2. The van der Waals surface area contributed by atoms with E-state index in [0.717, 1.165) is 0 Å². The van der Waals surface area contributed by atoms with Crippen molar-refractivity contribution < 1.29 is 13.9 Å². The largest absolute Gasteiger partial charge is 0.481 e. The molecule has 0 aliphatic heterocycles. The summed E-state index contributed by atoms with van der Waals surface area (Å²) in [7, 11) is 0. The van der Waals surface area contributed by atoms with E-state index in [0.29, 0.717) is 5.69 Å². The molecule has 0 unspecified atom stereocenters. The van der Waals surface area contributed by atoms with Crippen molar-refractivity contribution >= 4 is 11.6 Å². The number of rotatable bonds is 4. The summed E-state index contributed by atoms with van der Waals surface area (Å²) in [4.78, 5) is 11.5. The van der Waals surface area contributed by atoms with E-state index < -0.39 is 5.82 Å². The fourth-order valence-electron chi connectivity index (χ4n) is 1.42. The summed E-state index contributed by atoms with van der Waals surface area (Å²) >= 11 is 0. The first kappa shape index (κ1) is 12.1. The summed E-state index contributed by atoms with van der Waals surface area (Å²) in [5.41, 5.74) is 0.680. The molecule has 0 bridgehead atoms. The Kier molecular flexibility index (Phi) is 3.91. The number of hydrogen-bond acceptors (Lipinski definition) is 2. The van der Waals surface area contributed by atoms with Crippen LogP contribution < -0.4 is 10.1 Å². The number of carbonyl (C=O) groups excluding carboxylic acids is 1. The predicted molar refractivity (Wildman–Crippen MR) is 67.0 cm³/mol. The van der Waals surface area contributed by atoms with Crippen molar-refractivity contribution in [1.82, 2.24) is 0 Å². The van der Waals surface area contributed by atoms with Gasteiger partial charge in [-0.2, -0.15) is 0 Å². The van der Waals surface area contributed by atoms with Gasteiger partial charge in [-0.15, -0.1) is 0 Å². The Balaban J connectivity index is 1.88. The molecule has 1 amide bonds. The van der Waals surface area contributed by atoms with Gasteiger partial charge in [0.1, 0.15) is 0 Å². The summed E-state index contributed by atoms with van der Waals surface area (Å²) in [6.07, 6.45) is 0. The summed E-state index contributed by atoms with van der Waals surface area (Å²) in [5.74, 6) is -0.741. The minimum absolute atomic E-state index is 0.0701. The van der Waals surface area contributed by atoms with Gasteiger partial charge in [0.15, 0.2) is 18.2 Å². The normalized spacial score (nSPS) is 9.83. The fourth-order valence-corrected chi connectivity index (χ4v) is 1.42. The van der Waals surface area contributed by atoms with Crippen LogP contribution in [0.25, 0.3) is 0 Å². The van der Waals surface area contributed by atoms with Crippen LogP contribution in [0.1, 0.15) is 0 Å². The topological polar surface area (TPSA) is 38.3 Å². The lowest BCUT2D eigenvalue weighted by atomic mass is 10.3. The van der Waals surface area contributed by atoms with E-state index in [1.165, 1.54) is 12.1 Å². The Labute approximate surface area is 104 Å². The molecule has 2 rings (SSSR count). The van der Waals surface area contributed by atoms with Crippen LogP contribution in [0.15, 0.2) is 54.6 Å². The highest BCUT2D eigenvalue weighted by atomic mass is 19.1. The molecule has 18 heavy (non-hydrogen) atoms. The number of para-hydroxylation sites is 2. The van der Waals surface area contributed by atoms with Gasteiger partial charge in [-0.25, -0.2) is 4.39 Å². The molecule has 3 nitrogen and oxygen atoms in total. The fraction of sp³-hybridized carbons (Fsp3) is 0.0714. The van der Waals surface area contributed by atoms with Gasteiger partial charge in [-0.3, -0.25) is 4.79 Å². The highest BCUT2D eigenvalue weighted by Gasteiger charge is 2.06. The zero-order valence-corrected chi connectivity index (χ0v) is 9.60. The van der Waals surface area contributed by atoms with E-state index >= 15 is 0 Å². The number of nitrogens with one attached hydrogen (secondary N) is 1. The molecule has 0 heterocycles. The van der Waals surface area contributed by atoms with Crippen molar-refractivity contribution in [1.29, 1.82) is 0 Å². The van der Waals surface area contributed by atoms with E-state index in [-0.39, 0.29) is 18.3 Å². The second-order valence-electron chi connectivity index (χ2n) is 3.63. The standard InChI is InChI=1S/C14H12FNO2/c15-12-8-4-5-9-13(12)18-10-14(17)16-11-6-2-1-3-7-11/h1-9H,10H2,(H,16,17). The van der Waals surface area contributed by atoms with E-state index in [9.17, 15) is 9.18 Å². The van der Waals surface area contributed by atoms with Crippen LogP contribution in [0.3, 0.4) is 0 Å². The monoisotopic (exact) mass is 245 g/mol. The summed E-state index contributed by atoms with van der Waals surface area (Å²) < 4.78 is 18.3. The Morgan fingerprint density at radius 1 is 1.06 bits per heavy atom. The molecule has 0 aliphatic carbocycles. The highest BCUT2D eigenvalue weighted by molar-refractivity contribution is 5.91. The van der Waals surface area contributed by atoms with Crippen LogP contribution in [-0.4, -0.2) is 12.5 Å². The van der Waals surface area contributed by atoms with Crippen LogP contribution in [0.4, 0.5) is 10.1 Å². The van der Waals surface area contributed by atoms with Crippen molar-refractivity contribution in [3.8, 4) is 5.75 Å². The maximum Gasteiger partial charge on any atom is 0.262 e.